The van der Waals surface area contributed by atoms with Gasteiger partial charge in [-0.15, -0.1) is 0 Å². The standard InChI is InChI=1S/C23H14F2N2O5/c24-13-5-6-14(25)16(10-13)27-20(15-3-1-2-8-26-15)19(22(29)23(27)30)21(28)12-4-7-17-18(9-12)32-11-31-17/h1-10,20,28H,11H2/b21-19-. The first-order chi connectivity index (χ1) is 15.5. The van der Waals surface area contributed by atoms with Crippen molar-refractivity contribution in [2.24, 2.45) is 0 Å². The Labute approximate surface area is 180 Å². The molecule has 0 spiro atoms. The van der Waals surface area contributed by atoms with Gasteiger partial charge in [-0.1, -0.05) is 6.07 Å². The van der Waals surface area contributed by atoms with E-state index in [-0.39, 0.29) is 23.6 Å². The predicted molar refractivity (Wildman–Crippen MR) is 108 cm³/mol. The maximum absolute atomic E-state index is 14.6. The van der Waals surface area contributed by atoms with Gasteiger partial charge in [-0.25, -0.2) is 8.78 Å². The fourth-order valence-corrected chi connectivity index (χ4v) is 3.77. The van der Waals surface area contributed by atoms with E-state index in [1.165, 1.54) is 24.4 Å². The summed E-state index contributed by atoms with van der Waals surface area (Å²) in [7, 11) is 0. The predicted octanol–water partition coefficient (Wildman–Crippen LogP) is 3.71. The van der Waals surface area contributed by atoms with Gasteiger partial charge in [0.1, 0.15) is 23.4 Å². The number of halogens is 2. The van der Waals surface area contributed by atoms with Crippen molar-refractivity contribution in [3.8, 4) is 11.5 Å². The minimum atomic E-state index is -1.28. The fourth-order valence-electron chi connectivity index (χ4n) is 3.77. The van der Waals surface area contributed by atoms with Crippen molar-refractivity contribution in [3.63, 3.8) is 0 Å². The average molecular weight is 436 g/mol. The highest BCUT2D eigenvalue weighted by molar-refractivity contribution is 6.51. The van der Waals surface area contributed by atoms with Gasteiger partial charge in [0.2, 0.25) is 6.79 Å². The molecule has 160 valence electrons. The van der Waals surface area contributed by atoms with Crippen LogP contribution in [-0.4, -0.2) is 28.6 Å². The summed E-state index contributed by atoms with van der Waals surface area (Å²) in [5.41, 5.74) is -0.366. The van der Waals surface area contributed by atoms with Gasteiger partial charge in [-0.3, -0.25) is 19.5 Å². The van der Waals surface area contributed by atoms with Crippen LogP contribution in [0.3, 0.4) is 0 Å². The van der Waals surface area contributed by atoms with Gasteiger partial charge in [0.25, 0.3) is 11.7 Å². The molecular formula is C23H14F2N2O5. The zero-order valence-corrected chi connectivity index (χ0v) is 16.3. The molecule has 1 aromatic heterocycles. The molecule has 1 saturated heterocycles. The zero-order valence-electron chi connectivity index (χ0n) is 16.3. The number of aromatic nitrogens is 1. The number of ketones is 1. The smallest absolute Gasteiger partial charge is 0.300 e. The Morgan fingerprint density at radius 1 is 1.03 bits per heavy atom. The third kappa shape index (κ3) is 3.06. The minimum absolute atomic E-state index is 0.0106. The summed E-state index contributed by atoms with van der Waals surface area (Å²) >= 11 is 0. The van der Waals surface area contributed by atoms with Crippen LogP contribution in [0.1, 0.15) is 17.3 Å². The number of benzene rings is 2. The summed E-state index contributed by atoms with van der Waals surface area (Å²) in [4.78, 5) is 31.0. The molecule has 7 nitrogen and oxygen atoms in total. The molecule has 0 aliphatic carbocycles. The first kappa shape index (κ1) is 19.7. The summed E-state index contributed by atoms with van der Waals surface area (Å²) in [6, 6.07) is 10.6. The zero-order chi connectivity index (χ0) is 22.4. The highest BCUT2D eigenvalue weighted by Gasteiger charge is 2.48. The Balaban J connectivity index is 1.73. The highest BCUT2D eigenvalue weighted by atomic mass is 19.1. The highest BCUT2D eigenvalue weighted by Crippen LogP contribution is 2.43. The monoisotopic (exact) mass is 436 g/mol. The second-order valence-corrected chi connectivity index (χ2v) is 7.09. The molecule has 1 atom stereocenters. The molecule has 2 aliphatic heterocycles. The number of nitrogens with zero attached hydrogens (tertiary/aromatic N) is 2. The van der Waals surface area contributed by atoms with Crippen molar-refractivity contribution < 1.29 is 33.0 Å². The molecule has 0 saturated carbocycles. The maximum atomic E-state index is 14.6. The number of carbonyl (C=O) groups excluding carboxylic acids is 2. The van der Waals surface area contributed by atoms with Crippen molar-refractivity contribution in [1.82, 2.24) is 4.98 Å². The maximum Gasteiger partial charge on any atom is 0.300 e. The molecule has 3 heterocycles. The second-order valence-electron chi connectivity index (χ2n) is 7.09. The molecule has 1 N–H and O–H groups in total. The molecule has 0 radical (unpaired) electrons. The Hall–Kier alpha value is -4.27. The lowest BCUT2D eigenvalue weighted by Crippen LogP contribution is -2.30. The summed E-state index contributed by atoms with van der Waals surface area (Å²) in [6.07, 6.45) is 1.43. The van der Waals surface area contributed by atoms with E-state index in [9.17, 15) is 23.5 Å². The van der Waals surface area contributed by atoms with E-state index in [1.54, 1.807) is 18.2 Å². The van der Waals surface area contributed by atoms with E-state index in [1.807, 2.05) is 0 Å². The van der Waals surface area contributed by atoms with Gasteiger partial charge in [0.05, 0.1) is 17.0 Å². The summed E-state index contributed by atoms with van der Waals surface area (Å²) in [5.74, 6) is -3.56. The van der Waals surface area contributed by atoms with Crippen LogP contribution in [0.5, 0.6) is 11.5 Å². The Morgan fingerprint density at radius 2 is 1.84 bits per heavy atom. The number of fused-ring (bicyclic) bond motifs is 1. The minimum Gasteiger partial charge on any atom is -0.507 e. The van der Waals surface area contributed by atoms with Crippen LogP contribution >= 0.6 is 0 Å². The number of aliphatic hydroxyl groups excluding tert-OH is 1. The summed E-state index contributed by atoms with van der Waals surface area (Å²) in [5, 5.41) is 11.0. The number of amides is 1. The second kappa shape index (κ2) is 7.45. The first-order valence-corrected chi connectivity index (χ1v) is 9.52. The average Bonchev–Trinajstić information content (AvgIpc) is 3.38. The van der Waals surface area contributed by atoms with Crippen LogP contribution in [0.2, 0.25) is 0 Å². The molecule has 2 aromatic carbocycles. The fraction of sp³-hybridized carbons (Fsp3) is 0.0870. The number of Topliss-reactive ketones (excluding diaryl/α,β-unsaturated/α-hetero) is 1. The van der Waals surface area contributed by atoms with E-state index < -0.39 is 40.8 Å². The Bertz CT molecular complexity index is 1290. The van der Waals surface area contributed by atoms with E-state index in [2.05, 4.69) is 4.98 Å². The van der Waals surface area contributed by atoms with Crippen LogP contribution in [0.25, 0.3) is 5.76 Å². The van der Waals surface area contributed by atoms with Gasteiger partial charge in [0, 0.05) is 17.8 Å². The lowest BCUT2D eigenvalue weighted by Gasteiger charge is -2.25. The molecule has 32 heavy (non-hydrogen) atoms. The van der Waals surface area contributed by atoms with Crippen LogP contribution < -0.4 is 14.4 Å². The first-order valence-electron chi connectivity index (χ1n) is 9.52. The van der Waals surface area contributed by atoms with Crippen molar-refractivity contribution in [1.29, 1.82) is 0 Å². The van der Waals surface area contributed by atoms with Gasteiger partial charge in [-0.2, -0.15) is 0 Å². The third-order valence-electron chi connectivity index (χ3n) is 5.23. The van der Waals surface area contributed by atoms with Crippen molar-refractivity contribution in [2.45, 2.75) is 6.04 Å². The lowest BCUT2D eigenvalue weighted by atomic mass is 9.98. The number of carbonyl (C=O) groups is 2. The largest absolute Gasteiger partial charge is 0.507 e. The number of anilines is 1. The molecule has 3 aromatic rings. The van der Waals surface area contributed by atoms with Gasteiger partial charge in [0.15, 0.2) is 11.5 Å². The van der Waals surface area contributed by atoms with Crippen LogP contribution in [-0.2, 0) is 9.59 Å². The van der Waals surface area contributed by atoms with Gasteiger partial charge in [-0.05, 0) is 42.5 Å². The van der Waals surface area contributed by atoms with E-state index in [0.29, 0.717) is 11.5 Å². The van der Waals surface area contributed by atoms with Crippen LogP contribution in [0.4, 0.5) is 14.5 Å². The number of ether oxygens (including phenoxy) is 2. The molecule has 2 aliphatic rings. The summed E-state index contributed by atoms with van der Waals surface area (Å²) in [6.45, 7) is 0.0106. The van der Waals surface area contributed by atoms with Crippen molar-refractivity contribution in [3.05, 3.63) is 89.3 Å². The van der Waals surface area contributed by atoms with Crippen molar-refractivity contribution in [2.75, 3.05) is 11.7 Å². The lowest BCUT2D eigenvalue weighted by molar-refractivity contribution is -0.132. The van der Waals surface area contributed by atoms with Crippen LogP contribution in [0, 0.1) is 11.6 Å². The van der Waals surface area contributed by atoms with E-state index in [0.717, 1.165) is 23.1 Å². The molecule has 5 rings (SSSR count). The molecule has 9 heteroatoms. The molecular weight excluding hydrogens is 422 g/mol. The third-order valence-corrected chi connectivity index (χ3v) is 5.23. The number of aliphatic hydroxyl groups is 1. The van der Waals surface area contributed by atoms with Gasteiger partial charge >= 0.3 is 0 Å². The number of hydrogen-bond acceptors (Lipinski definition) is 6. The SMILES string of the molecule is O=C1C(=O)N(c2cc(F)ccc2F)C(c2ccccn2)/C1=C(/O)c1ccc2c(c1)OCO2. The van der Waals surface area contributed by atoms with Crippen LogP contribution in [0.15, 0.2) is 66.4 Å². The molecule has 1 unspecified atom stereocenters. The molecule has 0 bridgehead atoms. The Kier molecular flexibility index (Phi) is 4.58. The van der Waals surface area contributed by atoms with Crippen molar-refractivity contribution >= 4 is 23.1 Å². The molecule has 1 fully saturated rings. The topological polar surface area (TPSA) is 89.0 Å². The normalized spacial score (nSPS) is 18.9. The molecule has 1 amide bonds. The quantitative estimate of drug-likeness (QED) is 0.383. The van der Waals surface area contributed by atoms with Gasteiger partial charge < -0.3 is 14.6 Å². The van der Waals surface area contributed by atoms with E-state index >= 15 is 0 Å². The Morgan fingerprint density at radius 3 is 2.62 bits per heavy atom. The number of pyridine rings is 1. The van der Waals surface area contributed by atoms with E-state index in [4.69, 9.17) is 9.47 Å². The number of hydrogen-bond donors (Lipinski definition) is 1. The summed E-state index contributed by atoms with van der Waals surface area (Å²) < 4.78 is 39.1. The number of rotatable bonds is 3.